The highest BCUT2D eigenvalue weighted by Gasteiger charge is 2.34. The first-order valence-electron chi connectivity index (χ1n) is 5.08. The quantitative estimate of drug-likeness (QED) is 0.765. The molecule has 0 spiro atoms. The van der Waals surface area contributed by atoms with Gasteiger partial charge in [-0.15, -0.1) is 0 Å². The van der Waals surface area contributed by atoms with Gasteiger partial charge in [-0.1, -0.05) is 18.2 Å². The van der Waals surface area contributed by atoms with Gasteiger partial charge in [0.1, 0.15) is 11.9 Å². The normalized spacial score (nSPS) is 28.4. The van der Waals surface area contributed by atoms with E-state index in [2.05, 4.69) is 11.5 Å². The van der Waals surface area contributed by atoms with Crippen LogP contribution in [0.5, 0.6) is 5.75 Å². The summed E-state index contributed by atoms with van der Waals surface area (Å²) in [6, 6.07) is 10.7. The third kappa shape index (κ3) is 1.27. The second-order valence-electron chi connectivity index (χ2n) is 3.94. The van der Waals surface area contributed by atoms with E-state index in [1.165, 1.54) is 5.57 Å². The molecule has 2 aliphatic rings. The molecule has 1 heterocycles. The Hall–Kier alpha value is -1.44. The van der Waals surface area contributed by atoms with Crippen molar-refractivity contribution in [1.29, 1.82) is 0 Å². The summed E-state index contributed by atoms with van der Waals surface area (Å²) >= 11 is 0. The standard InChI is InChI=1S/C12H13NO/c1-2-4-11(5-3-1)14-12-7-10-6-9(12)8-13-10/h1-5,8,10,12-13H,6-7H2/t10-,12+/m0/s1. The largest absolute Gasteiger partial charge is 0.486 e. The van der Waals surface area contributed by atoms with Crippen LogP contribution < -0.4 is 10.1 Å². The highest BCUT2D eigenvalue weighted by Crippen LogP contribution is 2.32. The molecule has 2 bridgehead atoms. The second kappa shape index (κ2) is 3.05. The van der Waals surface area contributed by atoms with Gasteiger partial charge in [-0.2, -0.15) is 0 Å². The molecule has 14 heavy (non-hydrogen) atoms. The minimum absolute atomic E-state index is 0.309. The molecule has 0 unspecified atom stereocenters. The number of para-hydroxylation sites is 1. The van der Waals surface area contributed by atoms with E-state index in [-0.39, 0.29) is 0 Å². The van der Waals surface area contributed by atoms with Gasteiger partial charge in [0, 0.05) is 12.5 Å². The van der Waals surface area contributed by atoms with Crippen molar-refractivity contribution >= 4 is 0 Å². The molecule has 1 aliphatic heterocycles. The number of hydrogen-bond donors (Lipinski definition) is 1. The van der Waals surface area contributed by atoms with E-state index in [4.69, 9.17) is 4.74 Å². The minimum atomic E-state index is 0.309. The van der Waals surface area contributed by atoms with Gasteiger partial charge in [0.25, 0.3) is 0 Å². The smallest absolute Gasteiger partial charge is 0.123 e. The summed E-state index contributed by atoms with van der Waals surface area (Å²) in [5.74, 6) is 0.978. The molecule has 2 atom stereocenters. The molecule has 3 rings (SSSR count). The fourth-order valence-electron chi connectivity index (χ4n) is 2.20. The zero-order valence-corrected chi connectivity index (χ0v) is 7.94. The SMILES string of the molecule is C1=C2C[C@@H](C[C@H]2Oc2ccccc2)N1. The molecule has 0 amide bonds. The zero-order valence-electron chi connectivity index (χ0n) is 7.94. The van der Waals surface area contributed by atoms with Crippen LogP contribution in [0, 0.1) is 0 Å². The molecule has 0 aromatic heterocycles. The van der Waals surface area contributed by atoms with Gasteiger partial charge < -0.3 is 10.1 Å². The molecule has 0 radical (unpaired) electrons. The third-order valence-corrected chi connectivity index (χ3v) is 2.92. The van der Waals surface area contributed by atoms with Crippen LogP contribution in [0.15, 0.2) is 42.1 Å². The molecule has 1 N–H and O–H groups in total. The predicted molar refractivity (Wildman–Crippen MR) is 55.1 cm³/mol. The topological polar surface area (TPSA) is 21.3 Å². The molecule has 1 aromatic rings. The zero-order chi connectivity index (χ0) is 9.38. The molecule has 2 heteroatoms. The minimum Gasteiger partial charge on any atom is -0.486 e. The third-order valence-electron chi connectivity index (χ3n) is 2.92. The lowest BCUT2D eigenvalue weighted by Gasteiger charge is -2.18. The van der Waals surface area contributed by atoms with Crippen molar-refractivity contribution in [2.24, 2.45) is 0 Å². The van der Waals surface area contributed by atoms with E-state index in [9.17, 15) is 0 Å². The van der Waals surface area contributed by atoms with Crippen molar-refractivity contribution in [3.8, 4) is 5.75 Å². The Bertz CT molecular complexity index is 358. The van der Waals surface area contributed by atoms with Gasteiger partial charge in [-0.05, 0) is 30.3 Å². The first-order chi connectivity index (χ1) is 6.92. The summed E-state index contributed by atoms with van der Waals surface area (Å²) in [4.78, 5) is 0. The summed E-state index contributed by atoms with van der Waals surface area (Å²) < 4.78 is 5.90. The number of ether oxygens (including phenoxy) is 1. The number of benzene rings is 1. The monoisotopic (exact) mass is 187 g/mol. The van der Waals surface area contributed by atoms with Crippen molar-refractivity contribution in [2.45, 2.75) is 25.0 Å². The Labute approximate surface area is 83.6 Å². The Morgan fingerprint density at radius 2 is 2.07 bits per heavy atom. The van der Waals surface area contributed by atoms with Gasteiger partial charge in [0.2, 0.25) is 0 Å². The van der Waals surface area contributed by atoms with Crippen LogP contribution in [-0.2, 0) is 0 Å². The van der Waals surface area contributed by atoms with E-state index >= 15 is 0 Å². The first kappa shape index (κ1) is 7.92. The maximum atomic E-state index is 5.90. The average molecular weight is 187 g/mol. The molecule has 1 saturated carbocycles. The lowest BCUT2D eigenvalue weighted by atomic mass is 10.2. The van der Waals surface area contributed by atoms with Crippen LogP contribution in [0.3, 0.4) is 0 Å². The maximum Gasteiger partial charge on any atom is 0.123 e. The molecule has 72 valence electrons. The summed E-state index contributed by atoms with van der Waals surface area (Å²) in [6.07, 6.45) is 4.70. The van der Waals surface area contributed by atoms with E-state index in [0.717, 1.165) is 18.6 Å². The Morgan fingerprint density at radius 1 is 1.21 bits per heavy atom. The maximum absolute atomic E-state index is 5.90. The van der Waals surface area contributed by atoms with Crippen molar-refractivity contribution < 1.29 is 4.74 Å². The van der Waals surface area contributed by atoms with Gasteiger partial charge in [-0.3, -0.25) is 0 Å². The lowest BCUT2D eigenvalue weighted by molar-refractivity contribution is 0.232. The summed E-state index contributed by atoms with van der Waals surface area (Å²) in [5.41, 5.74) is 1.42. The van der Waals surface area contributed by atoms with E-state index < -0.39 is 0 Å². The van der Waals surface area contributed by atoms with Crippen LogP contribution in [0.2, 0.25) is 0 Å². The summed E-state index contributed by atoms with van der Waals surface area (Å²) in [5, 5.41) is 3.33. The van der Waals surface area contributed by atoms with Crippen LogP contribution in [0.1, 0.15) is 12.8 Å². The number of fused-ring (bicyclic) bond motifs is 2. The van der Waals surface area contributed by atoms with E-state index in [0.29, 0.717) is 12.1 Å². The number of rotatable bonds is 2. The van der Waals surface area contributed by atoms with Gasteiger partial charge in [-0.25, -0.2) is 0 Å². The van der Waals surface area contributed by atoms with Gasteiger partial charge in [0.15, 0.2) is 0 Å². The van der Waals surface area contributed by atoms with Crippen LogP contribution in [0.4, 0.5) is 0 Å². The summed E-state index contributed by atoms with van der Waals surface area (Å²) in [6.45, 7) is 0. The van der Waals surface area contributed by atoms with Crippen LogP contribution in [0.25, 0.3) is 0 Å². The number of nitrogens with one attached hydrogen (secondary N) is 1. The Morgan fingerprint density at radius 3 is 2.71 bits per heavy atom. The Kier molecular flexibility index (Phi) is 1.72. The lowest BCUT2D eigenvalue weighted by Crippen LogP contribution is -2.26. The highest BCUT2D eigenvalue weighted by molar-refractivity contribution is 5.27. The van der Waals surface area contributed by atoms with Crippen LogP contribution >= 0.6 is 0 Å². The first-order valence-corrected chi connectivity index (χ1v) is 5.08. The van der Waals surface area contributed by atoms with Crippen LogP contribution in [-0.4, -0.2) is 12.1 Å². The predicted octanol–water partition coefficient (Wildman–Crippen LogP) is 2.08. The molecule has 1 aromatic carbocycles. The molecule has 1 fully saturated rings. The Balaban J connectivity index is 1.74. The molecule has 1 aliphatic carbocycles. The highest BCUT2D eigenvalue weighted by atomic mass is 16.5. The number of hydrogen-bond acceptors (Lipinski definition) is 2. The van der Waals surface area contributed by atoms with Crippen molar-refractivity contribution in [3.05, 3.63) is 42.1 Å². The molecular weight excluding hydrogens is 174 g/mol. The van der Waals surface area contributed by atoms with E-state index in [1.54, 1.807) is 0 Å². The molecule has 0 saturated heterocycles. The van der Waals surface area contributed by atoms with Gasteiger partial charge in [0.05, 0.1) is 0 Å². The fraction of sp³-hybridized carbons (Fsp3) is 0.333. The summed E-state index contributed by atoms with van der Waals surface area (Å²) in [7, 11) is 0. The molecule has 2 nitrogen and oxygen atoms in total. The van der Waals surface area contributed by atoms with Gasteiger partial charge >= 0.3 is 0 Å². The average Bonchev–Trinajstić information content (AvgIpc) is 2.81. The fourth-order valence-corrected chi connectivity index (χ4v) is 2.20. The van der Waals surface area contributed by atoms with Crippen molar-refractivity contribution in [2.75, 3.05) is 0 Å². The second-order valence-corrected chi connectivity index (χ2v) is 3.94. The molecular formula is C12H13NO. The van der Waals surface area contributed by atoms with Crippen molar-refractivity contribution in [1.82, 2.24) is 5.32 Å². The van der Waals surface area contributed by atoms with Crippen molar-refractivity contribution in [3.63, 3.8) is 0 Å². The van der Waals surface area contributed by atoms with E-state index in [1.807, 2.05) is 30.3 Å².